The highest BCUT2D eigenvalue weighted by atomic mass is 32.1. The lowest BCUT2D eigenvalue weighted by molar-refractivity contribution is -0.120. The van der Waals surface area contributed by atoms with Crippen molar-refractivity contribution in [1.29, 1.82) is 0 Å². The van der Waals surface area contributed by atoms with Gasteiger partial charge in [-0.2, -0.15) is 0 Å². The largest absolute Gasteiger partial charge is 0.378 e. The maximum atomic E-state index is 11.0. The second-order valence-electron chi connectivity index (χ2n) is 3.12. The lowest BCUT2D eigenvalue weighted by atomic mass is 10.3. The van der Waals surface area contributed by atoms with Gasteiger partial charge in [0.15, 0.2) is 0 Å². The first-order valence-corrected chi connectivity index (χ1v) is 5.83. The average molecular weight is 228 g/mol. The topological polar surface area (TPSA) is 51.2 Å². The molecule has 0 radical (unpaired) electrons. The molecule has 0 aliphatic rings. The van der Waals surface area contributed by atoms with Gasteiger partial charge in [-0.1, -0.05) is 6.92 Å². The highest BCUT2D eigenvalue weighted by Crippen LogP contribution is 2.10. The highest BCUT2D eigenvalue weighted by molar-refractivity contribution is 7.09. The molecule has 0 spiro atoms. The van der Waals surface area contributed by atoms with E-state index in [0.717, 1.165) is 17.1 Å². The zero-order valence-corrected chi connectivity index (χ0v) is 9.89. The Balaban J connectivity index is 2.28. The lowest BCUT2D eigenvalue weighted by Crippen LogP contribution is -2.24. The summed E-state index contributed by atoms with van der Waals surface area (Å²) in [5.74, 6) is 0.0855. The Kier molecular flexibility index (Phi) is 5.28. The predicted octanol–water partition coefficient (Wildman–Crippen LogP) is 1.36. The summed E-state index contributed by atoms with van der Waals surface area (Å²) >= 11 is 1.59. The molecule has 0 atom stereocenters. The van der Waals surface area contributed by atoms with Crippen LogP contribution in [0.5, 0.6) is 0 Å². The Morgan fingerprint density at radius 2 is 2.47 bits per heavy atom. The molecular formula is C10H16N2O2S. The van der Waals surface area contributed by atoms with Crippen molar-refractivity contribution >= 4 is 17.2 Å². The van der Waals surface area contributed by atoms with Gasteiger partial charge in [0.1, 0.15) is 5.01 Å². The Morgan fingerprint density at radius 1 is 1.67 bits per heavy atom. The fourth-order valence-electron chi connectivity index (χ4n) is 1.11. The molecule has 0 aromatic carbocycles. The van der Waals surface area contributed by atoms with Gasteiger partial charge in [0.2, 0.25) is 5.91 Å². The maximum Gasteiger partial charge on any atom is 0.219 e. The molecule has 1 rings (SSSR count). The van der Waals surface area contributed by atoms with Gasteiger partial charge < -0.3 is 10.1 Å². The van der Waals surface area contributed by atoms with Crippen molar-refractivity contribution in [2.45, 2.75) is 26.4 Å². The third kappa shape index (κ3) is 4.40. The molecule has 0 aliphatic heterocycles. The molecule has 0 fully saturated rings. The lowest BCUT2D eigenvalue weighted by Gasteiger charge is -2.00. The summed E-state index contributed by atoms with van der Waals surface area (Å²) in [6.45, 7) is 3.06. The molecule has 1 aromatic rings. The number of nitrogens with zero attached hydrogens (tertiary/aromatic N) is 1. The monoisotopic (exact) mass is 228 g/mol. The summed E-state index contributed by atoms with van der Waals surface area (Å²) in [6, 6.07) is 0. The molecule has 1 amide bonds. The number of ether oxygens (including phenoxy) is 1. The molecule has 15 heavy (non-hydrogen) atoms. The van der Waals surface area contributed by atoms with Crippen LogP contribution < -0.4 is 5.32 Å². The average Bonchev–Trinajstić information content (AvgIpc) is 2.66. The van der Waals surface area contributed by atoms with Crippen LogP contribution in [0, 0.1) is 0 Å². The number of rotatable bonds is 6. The van der Waals surface area contributed by atoms with Gasteiger partial charge in [0, 0.05) is 31.9 Å². The minimum Gasteiger partial charge on any atom is -0.378 e. The number of aromatic nitrogens is 1. The first kappa shape index (κ1) is 12.1. The zero-order chi connectivity index (χ0) is 11.1. The number of amides is 1. The van der Waals surface area contributed by atoms with Crippen molar-refractivity contribution in [3.05, 3.63) is 16.1 Å². The van der Waals surface area contributed by atoms with E-state index in [9.17, 15) is 4.79 Å². The molecule has 5 heteroatoms. The number of thiazole rings is 1. The summed E-state index contributed by atoms with van der Waals surface area (Å²) < 4.78 is 4.98. The van der Waals surface area contributed by atoms with Gasteiger partial charge in [-0.05, 0) is 0 Å². The van der Waals surface area contributed by atoms with E-state index < -0.39 is 0 Å². The standard InChI is InChI=1S/C10H16N2O2S/c1-3-9(13)11-5-4-8-7-15-10(12-8)6-14-2/h7H,3-6H2,1-2H3,(H,11,13). The number of hydrogen-bond donors (Lipinski definition) is 1. The van der Waals surface area contributed by atoms with Crippen LogP contribution in [0.2, 0.25) is 0 Å². The van der Waals surface area contributed by atoms with Crippen LogP contribution >= 0.6 is 11.3 Å². The van der Waals surface area contributed by atoms with Crippen molar-refractivity contribution in [3.8, 4) is 0 Å². The van der Waals surface area contributed by atoms with Crippen LogP contribution in [0.15, 0.2) is 5.38 Å². The van der Waals surface area contributed by atoms with Crippen molar-refractivity contribution in [3.63, 3.8) is 0 Å². The number of carbonyl (C=O) groups excluding carboxylic acids is 1. The first-order chi connectivity index (χ1) is 7.26. The Labute approximate surface area is 93.7 Å². The summed E-state index contributed by atoms with van der Waals surface area (Å²) in [6.07, 6.45) is 1.32. The van der Waals surface area contributed by atoms with Gasteiger partial charge >= 0.3 is 0 Å². The van der Waals surface area contributed by atoms with E-state index in [2.05, 4.69) is 10.3 Å². The third-order valence-corrected chi connectivity index (χ3v) is 2.76. The molecule has 0 aliphatic carbocycles. The zero-order valence-electron chi connectivity index (χ0n) is 9.08. The van der Waals surface area contributed by atoms with E-state index >= 15 is 0 Å². The molecule has 0 saturated carbocycles. The first-order valence-electron chi connectivity index (χ1n) is 4.95. The highest BCUT2D eigenvalue weighted by Gasteiger charge is 2.02. The predicted molar refractivity (Wildman–Crippen MR) is 59.8 cm³/mol. The van der Waals surface area contributed by atoms with Crippen LogP contribution in [0.4, 0.5) is 0 Å². The van der Waals surface area contributed by atoms with E-state index in [1.165, 1.54) is 0 Å². The number of hydrogen-bond acceptors (Lipinski definition) is 4. The molecular weight excluding hydrogens is 212 g/mol. The van der Waals surface area contributed by atoms with Crippen LogP contribution in [-0.4, -0.2) is 24.5 Å². The molecule has 4 nitrogen and oxygen atoms in total. The maximum absolute atomic E-state index is 11.0. The fourth-order valence-corrected chi connectivity index (χ4v) is 1.91. The van der Waals surface area contributed by atoms with Crippen molar-refractivity contribution in [2.75, 3.05) is 13.7 Å². The Morgan fingerprint density at radius 3 is 3.13 bits per heavy atom. The van der Waals surface area contributed by atoms with Gasteiger partial charge in [0.05, 0.1) is 12.3 Å². The summed E-state index contributed by atoms with van der Waals surface area (Å²) in [5, 5.41) is 5.80. The quantitative estimate of drug-likeness (QED) is 0.799. The summed E-state index contributed by atoms with van der Waals surface area (Å²) in [7, 11) is 1.66. The van der Waals surface area contributed by atoms with Gasteiger partial charge in [-0.15, -0.1) is 11.3 Å². The van der Waals surface area contributed by atoms with E-state index in [1.807, 2.05) is 12.3 Å². The number of carbonyl (C=O) groups is 1. The third-order valence-electron chi connectivity index (χ3n) is 1.89. The van der Waals surface area contributed by atoms with E-state index in [4.69, 9.17) is 4.74 Å². The summed E-state index contributed by atoms with van der Waals surface area (Å²) in [4.78, 5) is 15.3. The SMILES string of the molecule is CCC(=O)NCCc1csc(COC)n1. The minimum atomic E-state index is 0.0855. The normalized spacial score (nSPS) is 10.3. The molecule has 0 saturated heterocycles. The van der Waals surface area contributed by atoms with Gasteiger partial charge in [0.25, 0.3) is 0 Å². The number of nitrogens with one attached hydrogen (secondary N) is 1. The van der Waals surface area contributed by atoms with Crippen LogP contribution in [-0.2, 0) is 22.6 Å². The minimum absolute atomic E-state index is 0.0855. The molecule has 0 bridgehead atoms. The Bertz CT molecular complexity index is 312. The van der Waals surface area contributed by atoms with Crippen LogP contribution in [0.25, 0.3) is 0 Å². The molecule has 0 unspecified atom stereocenters. The van der Waals surface area contributed by atoms with Crippen LogP contribution in [0.3, 0.4) is 0 Å². The molecule has 1 N–H and O–H groups in total. The van der Waals surface area contributed by atoms with Crippen LogP contribution in [0.1, 0.15) is 24.0 Å². The molecule has 1 heterocycles. The van der Waals surface area contributed by atoms with Crippen molar-refractivity contribution < 1.29 is 9.53 Å². The summed E-state index contributed by atoms with van der Waals surface area (Å²) in [5.41, 5.74) is 1.02. The van der Waals surface area contributed by atoms with E-state index in [0.29, 0.717) is 19.6 Å². The molecule has 1 aromatic heterocycles. The second kappa shape index (κ2) is 6.53. The van der Waals surface area contributed by atoms with Gasteiger partial charge in [-0.3, -0.25) is 4.79 Å². The number of methoxy groups -OCH3 is 1. The smallest absolute Gasteiger partial charge is 0.219 e. The van der Waals surface area contributed by atoms with Crippen molar-refractivity contribution in [2.24, 2.45) is 0 Å². The fraction of sp³-hybridized carbons (Fsp3) is 0.600. The van der Waals surface area contributed by atoms with Gasteiger partial charge in [-0.25, -0.2) is 4.98 Å². The van der Waals surface area contributed by atoms with E-state index in [-0.39, 0.29) is 5.91 Å². The Hall–Kier alpha value is -0.940. The van der Waals surface area contributed by atoms with Crippen molar-refractivity contribution in [1.82, 2.24) is 10.3 Å². The van der Waals surface area contributed by atoms with E-state index in [1.54, 1.807) is 18.4 Å². The molecule has 84 valence electrons. The second-order valence-corrected chi connectivity index (χ2v) is 4.06.